The van der Waals surface area contributed by atoms with Gasteiger partial charge in [0.05, 0.1) is 7.11 Å². The van der Waals surface area contributed by atoms with Gasteiger partial charge in [-0.2, -0.15) is 0 Å². The van der Waals surface area contributed by atoms with E-state index in [-0.39, 0.29) is 36.7 Å². The number of hydrogen-bond acceptors (Lipinski definition) is 7. The molecule has 11 nitrogen and oxygen atoms in total. The minimum absolute atomic E-state index is 0.106. The normalized spacial score (nSPS) is 21.9. The van der Waals surface area contributed by atoms with Gasteiger partial charge in [0, 0.05) is 32.0 Å². The molecule has 2 saturated heterocycles. The lowest BCUT2D eigenvalue weighted by Crippen LogP contribution is -2.60. The van der Waals surface area contributed by atoms with Crippen molar-refractivity contribution in [2.24, 2.45) is 11.7 Å². The maximum Gasteiger partial charge on any atom is 0.410 e. The zero-order chi connectivity index (χ0) is 33.4. The van der Waals surface area contributed by atoms with Gasteiger partial charge in [0.2, 0.25) is 17.7 Å². The van der Waals surface area contributed by atoms with Gasteiger partial charge in [0.1, 0.15) is 29.5 Å². The highest BCUT2D eigenvalue weighted by molar-refractivity contribution is 5.95. The first-order valence-corrected chi connectivity index (χ1v) is 16.1. The predicted molar refractivity (Wildman–Crippen MR) is 175 cm³/mol. The lowest BCUT2D eigenvalue weighted by atomic mass is 9.93. The summed E-state index contributed by atoms with van der Waals surface area (Å²) in [6.07, 6.45) is 2.81. The molecule has 5 atom stereocenters. The molecule has 2 aromatic carbocycles. The fourth-order valence-corrected chi connectivity index (χ4v) is 6.32. The van der Waals surface area contributed by atoms with E-state index in [0.717, 1.165) is 16.9 Å². The largest absolute Gasteiger partial charge is 0.497 e. The van der Waals surface area contributed by atoms with Gasteiger partial charge in [-0.1, -0.05) is 42.5 Å². The van der Waals surface area contributed by atoms with E-state index in [1.807, 2.05) is 54.6 Å². The average molecular weight is 636 g/mol. The molecule has 46 heavy (non-hydrogen) atoms. The van der Waals surface area contributed by atoms with Crippen LogP contribution in [-0.2, 0) is 32.0 Å². The second-order valence-corrected chi connectivity index (χ2v) is 13.2. The van der Waals surface area contributed by atoms with Crippen molar-refractivity contribution in [3.8, 4) is 5.75 Å². The number of carbonyl (C=O) groups is 4. The van der Waals surface area contributed by atoms with Crippen LogP contribution in [0.1, 0.15) is 57.6 Å². The van der Waals surface area contributed by atoms with Crippen molar-refractivity contribution in [1.82, 2.24) is 20.4 Å². The van der Waals surface area contributed by atoms with Gasteiger partial charge in [-0.05, 0) is 82.7 Å². The first-order chi connectivity index (χ1) is 21.9. The van der Waals surface area contributed by atoms with Crippen molar-refractivity contribution in [2.45, 2.75) is 89.1 Å². The topological polar surface area (TPSA) is 143 Å². The second kappa shape index (κ2) is 15.4. The number of methoxy groups -OCH3 is 1. The zero-order valence-corrected chi connectivity index (χ0v) is 27.7. The summed E-state index contributed by atoms with van der Waals surface area (Å²) in [6.45, 7) is 5.91. The third-order valence-corrected chi connectivity index (χ3v) is 8.86. The minimum Gasteiger partial charge on any atom is -0.497 e. The molecule has 0 spiro atoms. The van der Waals surface area contributed by atoms with Crippen molar-refractivity contribution in [1.29, 1.82) is 0 Å². The number of amides is 4. The number of rotatable bonds is 11. The quantitative estimate of drug-likeness (QED) is 0.345. The molecule has 11 heteroatoms. The summed E-state index contributed by atoms with van der Waals surface area (Å²) in [5.74, 6) is -0.535. The molecule has 0 aromatic heterocycles. The summed E-state index contributed by atoms with van der Waals surface area (Å²) in [7, 11) is 3.14. The Morgan fingerprint density at radius 3 is 2.30 bits per heavy atom. The molecule has 250 valence electrons. The summed E-state index contributed by atoms with van der Waals surface area (Å²) in [5, 5.41) is 5.99. The van der Waals surface area contributed by atoms with E-state index in [4.69, 9.17) is 15.2 Å². The summed E-state index contributed by atoms with van der Waals surface area (Å²) in [6, 6.07) is 14.5. The second-order valence-electron chi connectivity index (χ2n) is 13.2. The van der Waals surface area contributed by atoms with Crippen LogP contribution >= 0.6 is 0 Å². The highest BCUT2D eigenvalue weighted by Gasteiger charge is 2.47. The van der Waals surface area contributed by atoms with Crippen LogP contribution in [0.25, 0.3) is 0 Å². The Balaban J connectivity index is 1.49. The number of nitrogens with zero attached hydrogens (tertiary/aromatic N) is 2. The molecule has 0 radical (unpaired) electrons. The molecule has 0 unspecified atom stereocenters. The number of hydrogen-bond donors (Lipinski definition) is 3. The third kappa shape index (κ3) is 8.78. The number of likely N-dealkylation sites (N-methyl/N-ethyl adjacent to an activating group) is 1. The molecule has 4 amide bonds. The van der Waals surface area contributed by atoms with Gasteiger partial charge in [0.25, 0.3) is 0 Å². The number of carbonyl (C=O) groups excluding carboxylic acids is 4. The Hall–Kier alpha value is -4.12. The van der Waals surface area contributed by atoms with E-state index in [1.165, 1.54) is 11.9 Å². The molecule has 0 bridgehead atoms. The summed E-state index contributed by atoms with van der Waals surface area (Å²) >= 11 is 0. The Bertz CT molecular complexity index is 1350. The molecule has 2 aliphatic heterocycles. The average Bonchev–Trinajstić information content (AvgIpc) is 3.41. The fraction of sp³-hybridized carbons (Fsp3) is 0.543. The molecule has 0 aliphatic carbocycles. The molecule has 4 N–H and O–H groups in total. The summed E-state index contributed by atoms with van der Waals surface area (Å²) in [5.41, 5.74) is 7.33. The van der Waals surface area contributed by atoms with Gasteiger partial charge >= 0.3 is 6.09 Å². The molecular formula is C35H49N5O6. The lowest BCUT2D eigenvalue weighted by molar-refractivity contribution is -0.144. The summed E-state index contributed by atoms with van der Waals surface area (Å²) in [4.78, 5) is 57.7. The highest BCUT2D eigenvalue weighted by atomic mass is 16.6. The van der Waals surface area contributed by atoms with Gasteiger partial charge in [0.15, 0.2) is 0 Å². The van der Waals surface area contributed by atoms with Crippen molar-refractivity contribution >= 4 is 23.8 Å². The highest BCUT2D eigenvalue weighted by Crippen LogP contribution is 2.34. The number of fused-ring (bicyclic) bond motifs is 1. The summed E-state index contributed by atoms with van der Waals surface area (Å²) < 4.78 is 10.8. The van der Waals surface area contributed by atoms with Gasteiger partial charge in [-0.25, -0.2) is 4.79 Å². The van der Waals surface area contributed by atoms with Crippen molar-refractivity contribution in [3.05, 3.63) is 65.7 Å². The zero-order valence-electron chi connectivity index (χ0n) is 27.7. The standard InChI is InChI=1S/C35H49N5O6/c1-35(2,3)46-34(44)39(4)29(21-24-9-7-6-8-10-24)32(42)38-30-25(22-36)13-14-26-15-18-28(40(26)33(30)43)31(41)37-20-19-23-11-16-27(45-5)17-12-23/h6-12,16-17,25-26,28-30H,13-15,18-22,36H2,1-5H3,(H,37,41)(H,38,42)/t25-,26+,28+,29-,30+/m1/s1. The smallest absolute Gasteiger partial charge is 0.410 e. The Kier molecular flexibility index (Phi) is 11.7. The Morgan fingerprint density at radius 2 is 1.67 bits per heavy atom. The van der Waals surface area contributed by atoms with Crippen LogP contribution in [0.3, 0.4) is 0 Å². The van der Waals surface area contributed by atoms with E-state index in [1.54, 1.807) is 32.8 Å². The molecule has 0 saturated carbocycles. The van der Waals surface area contributed by atoms with E-state index < -0.39 is 35.7 Å². The maximum atomic E-state index is 14.2. The van der Waals surface area contributed by atoms with E-state index >= 15 is 0 Å². The van der Waals surface area contributed by atoms with Crippen molar-refractivity contribution in [3.63, 3.8) is 0 Å². The van der Waals surface area contributed by atoms with Crippen LogP contribution in [-0.4, -0.2) is 90.6 Å². The van der Waals surface area contributed by atoms with Crippen LogP contribution in [0.15, 0.2) is 54.6 Å². The number of ether oxygens (including phenoxy) is 2. The Labute approximate surface area is 272 Å². The monoisotopic (exact) mass is 635 g/mol. The number of nitrogens with two attached hydrogens (primary N) is 1. The fourth-order valence-electron chi connectivity index (χ4n) is 6.32. The van der Waals surface area contributed by atoms with Gasteiger partial charge < -0.3 is 30.7 Å². The SMILES string of the molecule is COc1ccc(CCNC(=O)[C@@H]2CC[C@@H]3CC[C@H](CN)[C@H](NC(=O)[C@@H](Cc4ccccc4)N(C)C(=O)OC(C)(C)C)C(=O)N32)cc1. The molecule has 2 aliphatic rings. The third-order valence-electron chi connectivity index (χ3n) is 8.86. The number of nitrogens with one attached hydrogen (secondary N) is 2. The van der Waals surface area contributed by atoms with Crippen LogP contribution < -0.4 is 21.1 Å². The van der Waals surface area contributed by atoms with Crippen LogP contribution in [0.2, 0.25) is 0 Å². The first-order valence-electron chi connectivity index (χ1n) is 16.1. The van der Waals surface area contributed by atoms with E-state index in [2.05, 4.69) is 10.6 Å². The minimum atomic E-state index is -0.946. The van der Waals surface area contributed by atoms with Crippen molar-refractivity contribution < 1.29 is 28.7 Å². The first kappa shape index (κ1) is 34.7. The van der Waals surface area contributed by atoms with E-state index in [0.29, 0.717) is 38.6 Å². The Morgan fingerprint density at radius 1 is 1.00 bits per heavy atom. The molecule has 2 heterocycles. The molecule has 4 rings (SSSR count). The maximum absolute atomic E-state index is 14.2. The predicted octanol–water partition coefficient (Wildman–Crippen LogP) is 3.05. The van der Waals surface area contributed by atoms with Gasteiger partial charge in [-0.3, -0.25) is 19.3 Å². The molecular weight excluding hydrogens is 586 g/mol. The van der Waals surface area contributed by atoms with Crippen molar-refractivity contribution in [2.75, 3.05) is 27.2 Å². The molecule has 2 fully saturated rings. The van der Waals surface area contributed by atoms with E-state index in [9.17, 15) is 19.2 Å². The van der Waals surface area contributed by atoms with Crippen LogP contribution in [0.4, 0.5) is 4.79 Å². The molecule has 2 aromatic rings. The van der Waals surface area contributed by atoms with Gasteiger partial charge in [-0.15, -0.1) is 0 Å². The lowest BCUT2D eigenvalue weighted by Gasteiger charge is -2.34. The number of benzene rings is 2. The van der Waals surface area contributed by atoms with Crippen LogP contribution in [0.5, 0.6) is 5.75 Å². The van der Waals surface area contributed by atoms with Crippen LogP contribution in [0, 0.1) is 5.92 Å².